The number of amides is 1. The minimum Gasteiger partial charge on any atom is -0.311 e. The molecule has 0 saturated heterocycles. The minimum absolute atomic E-state index is 0.0674. The SMILES string of the molecule is CCn1c(SCC(=O)N(CCC#N)c2ccc(C)c(C)c2)nnc1-c1ccc(Cl)cc1. The first-order valence-corrected chi connectivity index (χ1v) is 11.4. The van der Waals surface area contributed by atoms with Crippen LogP contribution in [0.5, 0.6) is 0 Å². The van der Waals surface area contributed by atoms with Crippen LogP contribution in [-0.4, -0.2) is 33.0 Å². The molecule has 0 spiro atoms. The zero-order chi connectivity index (χ0) is 22.4. The van der Waals surface area contributed by atoms with Gasteiger partial charge >= 0.3 is 0 Å². The Balaban J connectivity index is 1.78. The van der Waals surface area contributed by atoms with Gasteiger partial charge in [0.15, 0.2) is 11.0 Å². The first-order valence-electron chi connectivity index (χ1n) is 10.0. The number of hydrogen-bond donors (Lipinski definition) is 0. The quantitative estimate of drug-likeness (QED) is 0.434. The first-order chi connectivity index (χ1) is 14.9. The monoisotopic (exact) mass is 453 g/mol. The van der Waals surface area contributed by atoms with E-state index in [4.69, 9.17) is 16.9 Å². The number of aryl methyl sites for hydroxylation is 2. The van der Waals surface area contributed by atoms with Crippen LogP contribution in [0.1, 0.15) is 24.5 Å². The molecule has 0 saturated carbocycles. The summed E-state index contributed by atoms with van der Waals surface area (Å²) in [6.07, 6.45) is 0.273. The van der Waals surface area contributed by atoms with Crippen LogP contribution in [0.2, 0.25) is 5.02 Å². The predicted molar refractivity (Wildman–Crippen MR) is 125 cm³/mol. The summed E-state index contributed by atoms with van der Waals surface area (Å²) in [5.41, 5.74) is 4.00. The lowest BCUT2D eigenvalue weighted by Crippen LogP contribution is -2.33. The summed E-state index contributed by atoms with van der Waals surface area (Å²) in [6, 6.07) is 15.5. The maximum atomic E-state index is 13.1. The molecule has 160 valence electrons. The fourth-order valence-electron chi connectivity index (χ4n) is 3.15. The zero-order valence-corrected chi connectivity index (χ0v) is 19.4. The van der Waals surface area contributed by atoms with E-state index in [1.807, 2.05) is 67.8 Å². The van der Waals surface area contributed by atoms with E-state index in [1.54, 1.807) is 4.90 Å². The number of carbonyl (C=O) groups is 1. The van der Waals surface area contributed by atoms with Gasteiger partial charge in [-0.25, -0.2) is 0 Å². The molecule has 0 N–H and O–H groups in total. The summed E-state index contributed by atoms with van der Waals surface area (Å²) < 4.78 is 1.98. The smallest absolute Gasteiger partial charge is 0.237 e. The third-order valence-electron chi connectivity index (χ3n) is 5.01. The Bertz CT molecular complexity index is 1100. The summed E-state index contributed by atoms with van der Waals surface area (Å²) in [4.78, 5) is 14.7. The van der Waals surface area contributed by atoms with Crippen molar-refractivity contribution in [1.29, 1.82) is 5.26 Å². The van der Waals surface area contributed by atoms with Gasteiger partial charge in [-0.1, -0.05) is 29.4 Å². The second-order valence-corrected chi connectivity index (χ2v) is 8.45. The fourth-order valence-corrected chi connectivity index (χ4v) is 4.15. The zero-order valence-electron chi connectivity index (χ0n) is 17.8. The Hall–Kier alpha value is -2.82. The molecule has 31 heavy (non-hydrogen) atoms. The van der Waals surface area contributed by atoms with E-state index in [2.05, 4.69) is 16.3 Å². The van der Waals surface area contributed by atoms with E-state index in [-0.39, 0.29) is 18.1 Å². The second kappa shape index (κ2) is 10.5. The Morgan fingerprint density at radius 2 is 1.90 bits per heavy atom. The summed E-state index contributed by atoms with van der Waals surface area (Å²) >= 11 is 7.34. The van der Waals surface area contributed by atoms with Gasteiger partial charge in [-0.15, -0.1) is 10.2 Å². The van der Waals surface area contributed by atoms with Gasteiger partial charge in [0.05, 0.1) is 18.2 Å². The number of anilines is 1. The average molecular weight is 454 g/mol. The van der Waals surface area contributed by atoms with Crippen molar-refractivity contribution < 1.29 is 4.79 Å². The Labute approximate surface area is 191 Å². The molecule has 3 aromatic rings. The number of thioether (sulfide) groups is 1. The standard InChI is InChI=1S/C23H24ClN5OS/c1-4-28-22(18-7-9-19(24)10-8-18)26-27-23(28)31-15-21(30)29(13-5-12-25)20-11-6-16(2)17(3)14-20/h6-11,14H,4-5,13,15H2,1-3H3. The van der Waals surface area contributed by atoms with Crippen molar-refractivity contribution >= 4 is 35.0 Å². The van der Waals surface area contributed by atoms with Crippen molar-refractivity contribution in [1.82, 2.24) is 14.8 Å². The molecule has 8 heteroatoms. The molecule has 0 aliphatic heterocycles. The lowest BCUT2D eigenvalue weighted by molar-refractivity contribution is -0.116. The molecule has 6 nitrogen and oxygen atoms in total. The molecule has 0 unspecified atom stereocenters. The van der Waals surface area contributed by atoms with Crippen LogP contribution in [0.4, 0.5) is 5.69 Å². The number of nitrogens with zero attached hydrogens (tertiary/aromatic N) is 5. The van der Waals surface area contributed by atoms with Gasteiger partial charge in [-0.05, 0) is 68.3 Å². The van der Waals surface area contributed by atoms with Crippen LogP contribution < -0.4 is 4.90 Å². The third-order valence-corrected chi connectivity index (χ3v) is 6.21. The highest BCUT2D eigenvalue weighted by molar-refractivity contribution is 7.99. The molecule has 0 radical (unpaired) electrons. The number of rotatable bonds is 8. The number of hydrogen-bond acceptors (Lipinski definition) is 5. The van der Waals surface area contributed by atoms with Gasteiger partial charge in [-0.3, -0.25) is 4.79 Å². The minimum atomic E-state index is -0.0674. The molecule has 0 aliphatic rings. The van der Waals surface area contributed by atoms with E-state index in [0.29, 0.717) is 23.3 Å². The molecule has 0 fully saturated rings. The molecule has 1 heterocycles. The molecular formula is C23H24ClN5OS. The summed E-state index contributed by atoms with van der Waals surface area (Å²) in [5.74, 6) is 0.878. The van der Waals surface area contributed by atoms with Crippen molar-refractivity contribution in [3.05, 3.63) is 58.6 Å². The van der Waals surface area contributed by atoms with E-state index in [0.717, 1.165) is 28.2 Å². The van der Waals surface area contributed by atoms with Crippen LogP contribution in [0.25, 0.3) is 11.4 Å². The highest BCUT2D eigenvalue weighted by atomic mass is 35.5. The molecule has 0 bridgehead atoms. The normalized spacial score (nSPS) is 10.7. The van der Waals surface area contributed by atoms with E-state index < -0.39 is 0 Å². The van der Waals surface area contributed by atoms with Gasteiger partial charge < -0.3 is 9.47 Å². The molecule has 0 atom stereocenters. The van der Waals surface area contributed by atoms with Crippen molar-refractivity contribution in [2.45, 2.75) is 38.9 Å². The maximum Gasteiger partial charge on any atom is 0.237 e. The first kappa shape index (κ1) is 22.9. The Morgan fingerprint density at radius 1 is 1.16 bits per heavy atom. The van der Waals surface area contributed by atoms with Crippen molar-refractivity contribution in [2.75, 3.05) is 17.2 Å². The molecule has 1 aromatic heterocycles. The van der Waals surface area contributed by atoms with E-state index in [1.165, 1.54) is 11.8 Å². The van der Waals surface area contributed by atoms with E-state index >= 15 is 0 Å². The fraction of sp³-hybridized carbons (Fsp3) is 0.304. The molecular weight excluding hydrogens is 430 g/mol. The second-order valence-electron chi connectivity index (χ2n) is 7.07. The predicted octanol–water partition coefficient (Wildman–Crippen LogP) is 5.27. The molecule has 1 amide bonds. The number of carbonyl (C=O) groups excluding carboxylic acids is 1. The van der Waals surface area contributed by atoms with Gasteiger partial charge in [0.1, 0.15) is 0 Å². The average Bonchev–Trinajstić information content (AvgIpc) is 3.18. The van der Waals surface area contributed by atoms with Crippen LogP contribution in [0.15, 0.2) is 47.6 Å². The number of aromatic nitrogens is 3. The maximum absolute atomic E-state index is 13.1. The lowest BCUT2D eigenvalue weighted by atomic mass is 10.1. The Morgan fingerprint density at radius 3 is 2.55 bits per heavy atom. The topological polar surface area (TPSA) is 74.8 Å². The largest absolute Gasteiger partial charge is 0.311 e. The number of benzene rings is 2. The van der Waals surface area contributed by atoms with Gasteiger partial charge in [-0.2, -0.15) is 5.26 Å². The van der Waals surface area contributed by atoms with Crippen LogP contribution in [-0.2, 0) is 11.3 Å². The summed E-state index contributed by atoms with van der Waals surface area (Å²) in [5, 5.41) is 19.0. The van der Waals surface area contributed by atoms with Crippen LogP contribution >= 0.6 is 23.4 Å². The third kappa shape index (κ3) is 5.46. The highest BCUT2D eigenvalue weighted by Crippen LogP contribution is 2.26. The molecule has 3 rings (SSSR count). The number of nitriles is 1. The molecule has 2 aromatic carbocycles. The van der Waals surface area contributed by atoms with Crippen molar-refractivity contribution in [2.24, 2.45) is 0 Å². The van der Waals surface area contributed by atoms with Gasteiger partial charge in [0, 0.05) is 29.4 Å². The van der Waals surface area contributed by atoms with Gasteiger partial charge in [0.25, 0.3) is 0 Å². The Kier molecular flexibility index (Phi) is 7.72. The van der Waals surface area contributed by atoms with Crippen molar-refractivity contribution in [3.8, 4) is 17.5 Å². The van der Waals surface area contributed by atoms with Gasteiger partial charge in [0.2, 0.25) is 5.91 Å². The summed E-state index contributed by atoms with van der Waals surface area (Å²) in [7, 11) is 0. The van der Waals surface area contributed by atoms with E-state index in [9.17, 15) is 4.79 Å². The lowest BCUT2D eigenvalue weighted by Gasteiger charge is -2.22. The number of halogens is 1. The van der Waals surface area contributed by atoms with Crippen LogP contribution in [0, 0.1) is 25.2 Å². The molecule has 0 aliphatic carbocycles. The van der Waals surface area contributed by atoms with Crippen LogP contribution in [0.3, 0.4) is 0 Å². The van der Waals surface area contributed by atoms with Crippen molar-refractivity contribution in [3.63, 3.8) is 0 Å². The highest BCUT2D eigenvalue weighted by Gasteiger charge is 2.19. The summed E-state index contributed by atoms with van der Waals surface area (Å²) in [6.45, 7) is 7.10.